The fourth-order valence-corrected chi connectivity index (χ4v) is 4.78. The molecule has 0 bridgehead atoms. The highest BCUT2D eigenvalue weighted by Gasteiger charge is 2.39. The van der Waals surface area contributed by atoms with Crippen molar-refractivity contribution in [3.63, 3.8) is 0 Å². The van der Waals surface area contributed by atoms with Gasteiger partial charge in [-0.25, -0.2) is 4.79 Å². The van der Waals surface area contributed by atoms with Gasteiger partial charge >= 0.3 is 5.97 Å². The smallest absolute Gasteiger partial charge is 0.335 e. The zero-order chi connectivity index (χ0) is 29.4. The van der Waals surface area contributed by atoms with Crippen LogP contribution < -0.4 is 5.32 Å². The molecule has 0 radical (unpaired) electrons. The lowest BCUT2D eigenvalue weighted by molar-refractivity contribution is -0.132. The Hall–Kier alpha value is -4.35. The third-order valence-corrected chi connectivity index (χ3v) is 7.01. The Morgan fingerprint density at radius 1 is 1.20 bits per heavy atom. The molecule has 0 spiro atoms. The van der Waals surface area contributed by atoms with Gasteiger partial charge in [-0.15, -0.1) is 5.10 Å². The molecule has 1 unspecified atom stereocenters. The van der Waals surface area contributed by atoms with Crippen LogP contribution in [0.3, 0.4) is 0 Å². The molecule has 11 nitrogen and oxygen atoms in total. The van der Waals surface area contributed by atoms with Crippen LogP contribution in [0.5, 0.6) is 0 Å². The first kappa shape index (κ1) is 29.6. The summed E-state index contributed by atoms with van der Waals surface area (Å²) in [4.78, 5) is 39.6. The van der Waals surface area contributed by atoms with Crippen molar-refractivity contribution in [2.45, 2.75) is 32.2 Å². The Morgan fingerprint density at radius 2 is 1.98 bits per heavy atom. The van der Waals surface area contributed by atoms with E-state index in [9.17, 15) is 14.4 Å². The number of anilines is 1. The minimum Gasteiger partial charge on any atom is -0.478 e. The van der Waals surface area contributed by atoms with Crippen molar-refractivity contribution in [1.29, 1.82) is 0 Å². The average molecular weight is 579 g/mol. The molecule has 3 aromatic rings. The molecule has 1 aliphatic heterocycles. The summed E-state index contributed by atoms with van der Waals surface area (Å²) in [5.74, 6) is -1.88. The van der Waals surface area contributed by atoms with Crippen molar-refractivity contribution >= 4 is 41.1 Å². The van der Waals surface area contributed by atoms with Gasteiger partial charge in [0.2, 0.25) is 11.8 Å². The van der Waals surface area contributed by atoms with Gasteiger partial charge in [0.05, 0.1) is 17.9 Å². The van der Waals surface area contributed by atoms with E-state index in [0.717, 1.165) is 12.0 Å². The van der Waals surface area contributed by atoms with E-state index in [2.05, 4.69) is 27.4 Å². The van der Waals surface area contributed by atoms with Gasteiger partial charge in [-0.05, 0) is 84.1 Å². The van der Waals surface area contributed by atoms with Crippen LogP contribution in [-0.4, -0.2) is 73.8 Å². The summed E-state index contributed by atoms with van der Waals surface area (Å²) in [5, 5.41) is 23.7. The first-order valence-electron chi connectivity index (χ1n) is 13.2. The van der Waals surface area contributed by atoms with Gasteiger partial charge in [-0.2, -0.15) is 4.68 Å². The number of halogens is 1. The molecule has 4 rings (SSSR count). The van der Waals surface area contributed by atoms with Gasteiger partial charge in [0.25, 0.3) is 0 Å². The minimum absolute atomic E-state index is 0.0920. The van der Waals surface area contributed by atoms with Gasteiger partial charge in [0.1, 0.15) is 12.4 Å². The predicted molar refractivity (Wildman–Crippen MR) is 154 cm³/mol. The molecule has 1 fully saturated rings. The number of carbonyl (C=O) groups is 3. The number of hydrogen-bond donors (Lipinski definition) is 2. The summed E-state index contributed by atoms with van der Waals surface area (Å²) in [6.07, 6.45) is 6.40. The van der Waals surface area contributed by atoms with E-state index in [-0.39, 0.29) is 23.3 Å². The number of amides is 2. The van der Waals surface area contributed by atoms with Crippen molar-refractivity contribution in [1.82, 2.24) is 25.1 Å². The van der Waals surface area contributed by atoms with E-state index in [4.69, 9.17) is 21.4 Å². The molecule has 0 aliphatic carbocycles. The second kappa shape index (κ2) is 13.8. The number of hydrogen-bond acceptors (Lipinski definition) is 7. The van der Waals surface area contributed by atoms with Crippen molar-refractivity contribution < 1.29 is 24.2 Å². The first-order valence-corrected chi connectivity index (χ1v) is 13.6. The number of nitrogens with one attached hydrogen (secondary N) is 1. The van der Waals surface area contributed by atoms with Crippen LogP contribution in [0.15, 0.2) is 67.0 Å². The quantitative estimate of drug-likeness (QED) is 0.185. The number of tetrazole rings is 1. The minimum atomic E-state index is -1.06. The molecule has 2 N–H and O–H groups in total. The molecule has 2 amide bonds. The van der Waals surface area contributed by atoms with Crippen LogP contribution in [0.1, 0.15) is 42.1 Å². The third-order valence-electron chi connectivity index (χ3n) is 6.77. The molecule has 1 saturated heterocycles. The summed E-state index contributed by atoms with van der Waals surface area (Å²) in [6, 6.07) is 10.2. The maximum atomic E-state index is 13.5. The molecule has 214 valence electrons. The maximum Gasteiger partial charge on any atom is 0.335 e. The molecular weight excluding hydrogens is 548 g/mol. The number of benzene rings is 2. The number of aromatic carboxylic acids is 1. The van der Waals surface area contributed by atoms with E-state index in [1.54, 1.807) is 24.3 Å². The second-order valence-electron chi connectivity index (χ2n) is 9.62. The summed E-state index contributed by atoms with van der Waals surface area (Å²) < 4.78 is 7.07. The van der Waals surface area contributed by atoms with E-state index in [1.807, 2.05) is 6.92 Å². The SMILES string of the molecule is C=C(CCOCCC)[C@H]1CC(C(=O)Nc2ccc(C(=O)O)cc2)N(C(=O)/C=C/c2cc(Cl)ccc2-n2cnnn2)C1. The topological polar surface area (TPSA) is 140 Å². The Labute approximate surface area is 242 Å². The number of aromatic nitrogens is 4. The summed E-state index contributed by atoms with van der Waals surface area (Å²) in [7, 11) is 0. The number of rotatable bonds is 12. The highest BCUT2D eigenvalue weighted by atomic mass is 35.5. The Bertz CT molecular complexity index is 1420. The van der Waals surface area contributed by atoms with Crippen LogP contribution in [0.2, 0.25) is 5.02 Å². The summed E-state index contributed by atoms with van der Waals surface area (Å²) >= 11 is 6.21. The predicted octanol–water partition coefficient (Wildman–Crippen LogP) is 4.26. The lowest BCUT2D eigenvalue weighted by atomic mass is 9.95. The van der Waals surface area contributed by atoms with Crippen molar-refractivity contribution in [3.05, 3.63) is 83.2 Å². The molecule has 2 heterocycles. The molecule has 41 heavy (non-hydrogen) atoms. The normalized spacial score (nSPS) is 16.7. The Balaban J connectivity index is 1.54. The highest BCUT2D eigenvalue weighted by Crippen LogP contribution is 2.31. The van der Waals surface area contributed by atoms with Crippen LogP contribution in [0, 0.1) is 5.92 Å². The Morgan fingerprint density at radius 3 is 2.66 bits per heavy atom. The fraction of sp³-hybridized carbons (Fsp3) is 0.310. The van der Waals surface area contributed by atoms with E-state index in [1.165, 1.54) is 46.3 Å². The van der Waals surface area contributed by atoms with Gasteiger partial charge in [-0.3, -0.25) is 9.59 Å². The third kappa shape index (κ3) is 7.65. The number of nitrogens with zero attached hydrogens (tertiary/aromatic N) is 5. The van der Waals surface area contributed by atoms with Crippen molar-refractivity contribution in [2.75, 3.05) is 25.1 Å². The van der Waals surface area contributed by atoms with Crippen LogP contribution in [-0.2, 0) is 14.3 Å². The molecule has 1 aliphatic rings. The zero-order valence-corrected chi connectivity index (χ0v) is 23.3. The number of carbonyl (C=O) groups excluding carboxylic acids is 2. The van der Waals surface area contributed by atoms with E-state index < -0.39 is 12.0 Å². The molecule has 2 atom stereocenters. The molecular formula is C29H31ClN6O5. The molecule has 12 heteroatoms. The first-order chi connectivity index (χ1) is 19.8. The molecule has 2 aromatic carbocycles. The highest BCUT2D eigenvalue weighted by molar-refractivity contribution is 6.30. The standard InChI is InChI=1S/C29H31ClN6O5/c1-3-13-41-14-12-19(2)22-16-26(28(38)32-24-8-4-20(5-9-24)29(39)40)35(17-22)27(37)11-6-21-15-23(30)7-10-25(21)36-18-31-33-34-36/h4-11,15,18,22,26H,2-3,12-14,16-17H2,1H3,(H,32,38)(H,39,40)/b11-6+/t22-,26?/m0/s1. The zero-order valence-electron chi connectivity index (χ0n) is 22.6. The van der Waals surface area contributed by atoms with Gasteiger partial charge < -0.3 is 20.1 Å². The number of carboxylic acid groups (broad SMARTS) is 1. The van der Waals surface area contributed by atoms with Crippen LogP contribution in [0.4, 0.5) is 5.69 Å². The van der Waals surface area contributed by atoms with Crippen LogP contribution >= 0.6 is 11.6 Å². The van der Waals surface area contributed by atoms with Gasteiger partial charge in [0.15, 0.2) is 0 Å². The number of ether oxygens (including phenoxy) is 1. The van der Waals surface area contributed by atoms with E-state index in [0.29, 0.717) is 54.6 Å². The largest absolute Gasteiger partial charge is 0.478 e. The molecule has 1 aromatic heterocycles. The average Bonchev–Trinajstić information content (AvgIpc) is 3.65. The molecule has 0 saturated carbocycles. The lowest BCUT2D eigenvalue weighted by Crippen LogP contribution is -2.42. The maximum absolute atomic E-state index is 13.5. The van der Waals surface area contributed by atoms with Crippen molar-refractivity contribution in [2.24, 2.45) is 5.92 Å². The Kier molecular flexibility index (Phi) is 9.99. The van der Waals surface area contributed by atoms with Gasteiger partial charge in [0, 0.05) is 35.5 Å². The van der Waals surface area contributed by atoms with Crippen molar-refractivity contribution in [3.8, 4) is 5.69 Å². The number of likely N-dealkylation sites (tertiary alicyclic amines) is 1. The van der Waals surface area contributed by atoms with E-state index >= 15 is 0 Å². The number of carboxylic acids is 1. The second-order valence-corrected chi connectivity index (χ2v) is 10.1. The fourth-order valence-electron chi connectivity index (χ4n) is 4.60. The van der Waals surface area contributed by atoms with Crippen LogP contribution in [0.25, 0.3) is 11.8 Å². The monoisotopic (exact) mass is 578 g/mol. The summed E-state index contributed by atoms with van der Waals surface area (Å²) in [5.41, 5.74) is 2.70. The summed E-state index contributed by atoms with van der Waals surface area (Å²) in [6.45, 7) is 7.76. The lowest BCUT2D eigenvalue weighted by Gasteiger charge is -2.22. The van der Waals surface area contributed by atoms with Gasteiger partial charge in [-0.1, -0.05) is 30.7 Å².